The Morgan fingerprint density at radius 3 is 3.00 bits per heavy atom. The first-order valence-electron chi connectivity index (χ1n) is 7.81. The third kappa shape index (κ3) is 7.09. The van der Waals surface area contributed by atoms with Gasteiger partial charge in [0.1, 0.15) is 0 Å². The highest BCUT2D eigenvalue weighted by molar-refractivity contribution is 4.87. The topological polar surface area (TPSA) is 24.5 Å². The predicted molar refractivity (Wildman–Crippen MR) is 82.6 cm³/mol. The lowest BCUT2D eigenvalue weighted by Gasteiger charge is -2.36. The van der Waals surface area contributed by atoms with E-state index in [4.69, 9.17) is 4.74 Å². The molecule has 112 valence electrons. The van der Waals surface area contributed by atoms with E-state index in [0.29, 0.717) is 12.6 Å². The Morgan fingerprint density at radius 1 is 1.53 bits per heavy atom. The minimum absolute atomic E-state index is 0.591. The highest BCUT2D eigenvalue weighted by atomic mass is 16.5. The van der Waals surface area contributed by atoms with Crippen molar-refractivity contribution in [3.63, 3.8) is 0 Å². The number of piperidine rings is 1. The zero-order valence-electron chi connectivity index (χ0n) is 13.1. The second kappa shape index (κ2) is 9.51. The minimum atomic E-state index is 0.591. The SMILES string of the molecule is C=C(C)COCCNC(C)C1CCCN(CCC)C1. The van der Waals surface area contributed by atoms with Gasteiger partial charge >= 0.3 is 0 Å². The molecule has 1 N–H and O–H groups in total. The van der Waals surface area contributed by atoms with Crippen LogP contribution in [0.4, 0.5) is 0 Å². The van der Waals surface area contributed by atoms with Crippen molar-refractivity contribution >= 4 is 0 Å². The molecule has 2 atom stereocenters. The highest BCUT2D eigenvalue weighted by Crippen LogP contribution is 2.19. The van der Waals surface area contributed by atoms with Crippen LogP contribution in [0, 0.1) is 5.92 Å². The molecule has 0 amide bonds. The van der Waals surface area contributed by atoms with E-state index in [1.165, 1.54) is 38.9 Å². The standard InChI is InChI=1S/C16H32N2O/c1-5-9-18-10-6-7-16(12-18)15(4)17-8-11-19-13-14(2)3/h15-17H,2,5-13H2,1,3-4H3. The van der Waals surface area contributed by atoms with Gasteiger partial charge in [-0.15, -0.1) is 0 Å². The molecule has 1 aliphatic heterocycles. The average molecular weight is 268 g/mol. The summed E-state index contributed by atoms with van der Waals surface area (Å²) < 4.78 is 5.52. The number of rotatable bonds is 9. The van der Waals surface area contributed by atoms with Gasteiger partial charge in [-0.2, -0.15) is 0 Å². The molecule has 1 fully saturated rings. The maximum Gasteiger partial charge on any atom is 0.0672 e. The monoisotopic (exact) mass is 268 g/mol. The Balaban J connectivity index is 2.14. The molecular formula is C16H32N2O. The summed E-state index contributed by atoms with van der Waals surface area (Å²) in [7, 11) is 0. The molecule has 0 aromatic heterocycles. The van der Waals surface area contributed by atoms with Gasteiger partial charge in [0.15, 0.2) is 0 Å². The molecule has 0 spiro atoms. The van der Waals surface area contributed by atoms with Crippen molar-refractivity contribution < 1.29 is 4.74 Å². The van der Waals surface area contributed by atoms with E-state index < -0.39 is 0 Å². The van der Waals surface area contributed by atoms with E-state index in [1.54, 1.807) is 0 Å². The largest absolute Gasteiger partial charge is 0.376 e. The number of hydrogen-bond acceptors (Lipinski definition) is 3. The summed E-state index contributed by atoms with van der Waals surface area (Å²) in [5.41, 5.74) is 1.09. The van der Waals surface area contributed by atoms with Crippen molar-refractivity contribution in [3.8, 4) is 0 Å². The molecule has 2 unspecified atom stereocenters. The quantitative estimate of drug-likeness (QED) is 0.514. The Bertz CT molecular complexity index is 253. The van der Waals surface area contributed by atoms with E-state index in [2.05, 4.69) is 30.6 Å². The zero-order valence-corrected chi connectivity index (χ0v) is 13.1. The molecule has 3 nitrogen and oxygen atoms in total. The second-order valence-electron chi connectivity index (χ2n) is 5.96. The fraction of sp³-hybridized carbons (Fsp3) is 0.875. The van der Waals surface area contributed by atoms with Crippen molar-refractivity contribution in [3.05, 3.63) is 12.2 Å². The fourth-order valence-corrected chi connectivity index (χ4v) is 2.79. The summed E-state index contributed by atoms with van der Waals surface area (Å²) in [6.45, 7) is 16.6. The van der Waals surface area contributed by atoms with Crippen LogP contribution in [0.15, 0.2) is 12.2 Å². The summed E-state index contributed by atoms with van der Waals surface area (Å²) in [5.74, 6) is 0.793. The molecule has 0 saturated carbocycles. The van der Waals surface area contributed by atoms with Gasteiger partial charge in [-0.05, 0) is 52.1 Å². The summed E-state index contributed by atoms with van der Waals surface area (Å²) in [4.78, 5) is 2.61. The lowest BCUT2D eigenvalue weighted by molar-refractivity contribution is 0.133. The first kappa shape index (κ1) is 16.7. The highest BCUT2D eigenvalue weighted by Gasteiger charge is 2.23. The molecule has 1 rings (SSSR count). The number of nitrogens with zero attached hydrogens (tertiary/aromatic N) is 1. The lowest BCUT2D eigenvalue weighted by Crippen LogP contribution is -2.45. The second-order valence-corrected chi connectivity index (χ2v) is 5.96. The van der Waals surface area contributed by atoms with Gasteiger partial charge in [-0.3, -0.25) is 0 Å². The number of likely N-dealkylation sites (tertiary alicyclic amines) is 1. The van der Waals surface area contributed by atoms with Crippen LogP contribution in [0.25, 0.3) is 0 Å². The van der Waals surface area contributed by atoms with Gasteiger partial charge in [0.05, 0.1) is 13.2 Å². The molecule has 19 heavy (non-hydrogen) atoms. The smallest absolute Gasteiger partial charge is 0.0672 e. The van der Waals surface area contributed by atoms with Crippen molar-refractivity contribution in [1.82, 2.24) is 10.2 Å². The summed E-state index contributed by atoms with van der Waals surface area (Å²) in [5, 5.41) is 3.61. The molecule has 0 aromatic carbocycles. The Labute approximate surface area is 119 Å². The van der Waals surface area contributed by atoms with Crippen LogP contribution < -0.4 is 5.32 Å². The van der Waals surface area contributed by atoms with Crippen molar-refractivity contribution in [2.75, 3.05) is 39.4 Å². The minimum Gasteiger partial charge on any atom is -0.376 e. The van der Waals surface area contributed by atoms with Gasteiger partial charge in [0, 0.05) is 19.1 Å². The predicted octanol–water partition coefficient (Wildman–Crippen LogP) is 2.68. The Morgan fingerprint density at radius 2 is 2.32 bits per heavy atom. The van der Waals surface area contributed by atoms with E-state index in [0.717, 1.165) is 24.6 Å². The molecule has 0 bridgehead atoms. The first-order chi connectivity index (χ1) is 9.13. The van der Waals surface area contributed by atoms with E-state index >= 15 is 0 Å². The normalized spacial score (nSPS) is 22.4. The molecule has 0 radical (unpaired) electrons. The van der Waals surface area contributed by atoms with Crippen LogP contribution in [0.3, 0.4) is 0 Å². The molecule has 0 aliphatic carbocycles. The van der Waals surface area contributed by atoms with E-state index in [1.807, 2.05) is 6.92 Å². The Hall–Kier alpha value is -0.380. The fourth-order valence-electron chi connectivity index (χ4n) is 2.79. The maximum atomic E-state index is 5.52. The maximum absolute atomic E-state index is 5.52. The lowest BCUT2D eigenvalue weighted by atomic mass is 9.91. The van der Waals surface area contributed by atoms with Gasteiger partial charge in [-0.1, -0.05) is 19.1 Å². The number of hydrogen-bond donors (Lipinski definition) is 1. The number of ether oxygens (including phenoxy) is 1. The van der Waals surface area contributed by atoms with E-state index in [-0.39, 0.29) is 0 Å². The van der Waals surface area contributed by atoms with Gasteiger partial charge < -0.3 is 15.0 Å². The van der Waals surface area contributed by atoms with Crippen LogP contribution in [0.1, 0.15) is 40.0 Å². The molecule has 3 heteroatoms. The van der Waals surface area contributed by atoms with Crippen LogP contribution in [0.5, 0.6) is 0 Å². The van der Waals surface area contributed by atoms with Gasteiger partial charge in [-0.25, -0.2) is 0 Å². The van der Waals surface area contributed by atoms with Crippen molar-refractivity contribution in [1.29, 1.82) is 0 Å². The van der Waals surface area contributed by atoms with E-state index in [9.17, 15) is 0 Å². The summed E-state index contributed by atoms with van der Waals surface area (Å²) in [6, 6.07) is 0.591. The van der Waals surface area contributed by atoms with Gasteiger partial charge in [0.25, 0.3) is 0 Å². The zero-order chi connectivity index (χ0) is 14.1. The summed E-state index contributed by atoms with van der Waals surface area (Å²) >= 11 is 0. The van der Waals surface area contributed by atoms with Crippen LogP contribution in [-0.2, 0) is 4.74 Å². The molecule has 1 saturated heterocycles. The van der Waals surface area contributed by atoms with Crippen LogP contribution >= 0.6 is 0 Å². The molecular weight excluding hydrogens is 236 g/mol. The van der Waals surface area contributed by atoms with Crippen molar-refractivity contribution in [2.24, 2.45) is 5.92 Å². The molecule has 1 heterocycles. The van der Waals surface area contributed by atoms with Crippen LogP contribution in [0.2, 0.25) is 0 Å². The summed E-state index contributed by atoms with van der Waals surface area (Å²) in [6.07, 6.45) is 3.98. The van der Waals surface area contributed by atoms with Crippen LogP contribution in [-0.4, -0.2) is 50.3 Å². The third-order valence-corrected chi connectivity index (χ3v) is 3.85. The molecule has 0 aromatic rings. The Kier molecular flexibility index (Phi) is 8.35. The number of nitrogens with one attached hydrogen (secondary N) is 1. The van der Waals surface area contributed by atoms with Crippen molar-refractivity contribution in [2.45, 2.75) is 46.1 Å². The van der Waals surface area contributed by atoms with Gasteiger partial charge in [0.2, 0.25) is 0 Å². The third-order valence-electron chi connectivity index (χ3n) is 3.85. The first-order valence-corrected chi connectivity index (χ1v) is 7.81. The average Bonchev–Trinajstić information content (AvgIpc) is 2.38. The molecule has 1 aliphatic rings.